The Morgan fingerprint density at radius 1 is 1.24 bits per heavy atom. The molecule has 1 aromatic carbocycles. The maximum Gasteiger partial charge on any atom is 0.180 e. The van der Waals surface area contributed by atoms with Crippen LogP contribution in [-0.2, 0) is 0 Å². The lowest BCUT2D eigenvalue weighted by molar-refractivity contribution is 0.0938. The van der Waals surface area contributed by atoms with Gasteiger partial charge in [0.15, 0.2) is 5.78 Å². The van der Waals surface area contributed by atoms with Gasteiger partial charge in [-0.15, -0.1) is 0 Å². The predicted molar refractivity (Wildman–Crippen MR) is 68.3 cm³/mol. The summed E-state index contributed by atoms with van der Waals surface area (Å²) >= 11 is 0. The van der Waals surface area contributed by atoms with E-state index in [0.717, 1.165) is 24.1 Å². The van der Waals surface area contributed by atoms with Gasteiger partial charge < -0.3 is 4.42 Å². The summed E-state index contributed by atoms with van der Waals surface area (Å²) in [7, 11) is 0. The average Bonchev–Trinajstić information content (AvgIpc) is 2.79. The Labute approximate surface area is 101 Å². The lowest BCUT2D eigenvalue weighted by Crippen LogP contribution is -2.29. The largest absolute Gasteiger partial charge is 0.464 e. The summed E-state index contributed by atoms with van der Waals surface area (Å²) in [5.74, 6) is 0.124. The molecular formula is C14H17NO2. The lowest BCUT2D eigenvalue weighted by atomic mass is 10.1. The van der Waals surface area contributed by atoms with Gasteiger partial charge in [0.1, 0.15) is 11.8 Å². The lowest BCUT2D eigenvalue weighted by Gasteiger charge is -2.16. The molecule has 3 heteroatoms. The molecule has 0 saturated carbocycles. The highest BCUT2D eigenvalue weighted by Gasteiger charge is 2.15. The minimum absolute atomic E-state index is 0.124. The smallest absolute Gasteiger partial charge is 0.180 e. The highest BCUT2D eigenvalue weighted by atomic mass is 16.3. The number of para-hydroxylation sites is 1. The fourth-order valence-corrected chi connectivity index (χ4v) is 1.93. The maximum atomic E-state index is 12.1. The van der Waals surface area contributed by atoms with Crippen molar-refractivity contribution < 1.29 is 9.21 Å². The van der Waals surface area contributed by atoms with Crippen LogP contribution < -0.4 is 0 Å². The molecule has 90 valence electrons. The number of carbonyl (C=O) groups excluding carboxylic acids is 1. The molecule has 0 N–H and O–H groups in total. The van der Waals surface area contributed by atoms with E-state index >= 15 is 0 Å². The fourth-order valence-electron chi connectivity index (χ4n) is 1.93. The van der Waals surface area contributed by atoms with Crippen molar-refractivity contribution >= 4 is 16.8 Å². The molecular weight excluding hydrogens is 214 g/mol. The molecule has 0 spiro atoms. The Kier molecular flexibility index (Phi) is 3.59. The summed E-state index contributed by atoms with van der Waals surface area (Å²) in [5.41, 5.74) is 1.46. The van der Waals surface area contributed by atoms with Crippen molar-refractivity contribution in [2.24, 2.45) is 0 Å². The van der Waals surface area contributed by atoms with Crippen LogP contribution in [0.1, 0.15) is 24.2 Å². The minimum Gasteiger partial charge on any atom is -0.464 e. The van der Waals surface area contributed by atoms with Crippen LogP contribution in [0.2, 0.25) is 0 Å². The van der Waals surface area contributed by atoms with Crippen molar-refractivity contribution in [2.75, 3.05) is 19.6 Å². The second kappa shape index (κ2) is 5.15. The Bertz CT molecular complexity index is 512. The fraction of sp³-hybridized carbons (Fsp3) is 0.357. The molecule has 0 saturated heterocycles. The molecule has 17 heavy (non-hydrogen) atoms. The van der Waals surface area contributed by atoms with E-state index in [9.17, 15) is 4.79 Å². The van der Waals surface area contributed by atoms with E-state index < -0.39 is 0 Å². The van der Waals surface area contributed by atoms with Crippen LogP contribution in [0.15, 0.2) is 34.9 Å². The summed E-state index contributed by atoms with van der Waals surface area (Å²) < 4.78 is 5.38. The van der Waals surface area contributed by atoms with Crippen LogP contribution >= 0.6 is 0 Å². The molecule has 1 aromatic heterocycles. The van der Waals surface area contributed by atoms with E-state index in [4.69, 9.17) is 4.42 Å². The molecule has 0 atom stereocenters. The monoisotopic (exact) mass is 231 g/mol. The second-order valence-electron chi connectivity index (χ2n) is 4.03. The van der Waals surface area contributed by atoms with Crippen molar-refractivity contribution in [3.05, 3.63) is 36.1 Å². The minimum atomic E-state index is 0.124. The molecule has 0 aliphatic rings. The average molecular weight is 231 g/mol. The summed E-state index contributed by atoms with van der Waals surface area (Å²) in [5, 5.41) is 0.907. The third-order valence-electron chi connectivity index (χ3n) is 3.04. The van der Waals surface area contributed by atoms with E-state index in [-0.39, 0.29) is 5.78 Å². The number of nitrogens with zero attached hydrogens (tertiary/aromatic N) is 1. The van der Waals surface area contributed by atoms with Crippen LogP contribution in [0.5, 0.6) is 0 Å². The van der Waals surface area contributed by atoms with Crippen molar-refractivity contribution in [3.8, 4) is 0 Å². The number of hydrogen-bond donors (Lipinski definition) is 0. The Morgan fingerprint density at radius 2 is 1.94 bits per heavy atom. The van der Waals surface area contributed by atoms with Crippen molar-refractivity contribution in [2.45, 2.75) is 13.8 Å². The van der Waals surface area contributed by atoms with Crippen molar-refractivity contribution in [3.63, 3.8) is 0 Å². The zero-order valence-corrected chi connectivity index (χ0v) is 10.3. The van der Waals surface area contributed by atoms with E-state index in [0.29, 0.717) is 12.1 Å². The number of ketones is 1. The Balaban J connectivity index is 2.25. The topological polar surface area (TPSA) is 33.5 Å². The van der Waals surface area contributed by atoms with Crippen molar-refractivity contribution in [1.29, 1.82) is 0 Å². The summed E-state index contributed by atoms with van der Waals surface area (Å²) in [6, 6.07) is 7.63. The van der Waals surface area contributed by atoms with Crippen molar-refractivity contribution in [1.82, 2.24) is 4.90 Å². The number of rotatable bonds is 5. The third kappa shape index (κ3) is 2.39. The third-order valence-corrected chi connectivity index (χ3v) is 3.04. The quantitative estimate of drug-likeness (QED) is 0.742. The summed E-state index contributed by atoms with van der Waals surface area (Å²) in [6.07, 6.45) is 1.57. The number of furan rings is 1. The number of benzene rings is 1. The van der Waals surface area contributed by atoms with Gasteiger partial charge in [0.2, 0.25) is 0 Å². The highest BCUT2D eigenvalue weighted by Crippen LogP contribution is 2.21. The van der Waals surface area contributed by atoms with Gasteiger partial charge >= 0.3 is 0 Å². The molecule has 0 unspecified atom stereocenters. The number of fused-ring (bicyclic) bond motifs is 1. The molecule has 0 fully saturated rings. The van der Waals surface area contributed by atoms with Gasteiger partial charge in [-0.2, -0.15) is 0 Å². The molecule has 0 aliphatic carbocycles. The number of likely N-dealkylation sites (N-methyl/N-ethyl adjacent to an activating group) is 1. The molecule has 0 amide bonds. The normalized spacial score (nSPS) is 11.2. The molecule has 3 nitrogen and oxygen atoms in total. The van der Waals surface area contributed by atoms with Gasteiger partial charge in [-0.25, -0.2) is 0 Å². The van der Waals surface area contributed by atoms with E-state index in [1.165, 1.54) is 0 Å². The molecule has 0 bridgehead atoms. The first kappa shape index (κ1) is 11.9. The summed E-state index contributed by atoms with van der Waals surface area (Å²) in [6.45, 7) is 6.35. The molecule has 0 radical (unpaired) electrons. The first-order valence-corrected chi connectivity index (χ1v) is 5.98. The van der Waals surface area contributed by atoms with Gasteiger partial charge in [-0.1, -0.05) is 32.0 Å². The van der Waals surface area contributed by atoms with Gasteiger partial charge in [-0.05, 0) is 19.2 Å². The standard InChI is InChI=1S/C14H17NO2/c1-3-15(4-2)9-13(16)12-10-17-14-8-6-5-7-11(12)14/h5-8,10H,3-4,9H2,1-2H3. The van der Waals surface area contributed by atoms with E-state index in [2.05, 4.69) is 18.7 Å². The van der Waals surface area contributed by atoms with Crippen LogP contribution in [-0.4, -0.2) is 30.3 Å². The summed E-state index contributed by atoms with van der Waals surface area (Å²) in [4.78, 5) is 14.2. The van der Waals surface area contributed by atoms with Gasteiger partial charge in [0.25, 0.3) is 0 Å². The zero-order chi connectivity index (χ0) is 12.3. The van der Waals surface area contributed by atoms with Crippen LogP contribution in [0, 0.1) is 0 Å². The van der Waals surface area contributed by atoms with Gasteiger partial charge in [-0.3, -0.25) is 9.69 Å². The van der Waals surface area contributed by atoms with Crippen LogP contribution in [0.3, 0.4) is 0 Å². The molecule has 2 rings (SSSR count). The van der Waals surface area contributed by atoms with Gasteiger partial charge in [0.05, 0.1) is 12.1 Å². The first-order valence-electron chi connectivity index (χ1n) is 5.98. The SMILES string of the molecule is CCN(CC)CC(=O)c1coc2ccccc12. The Hall–Kier alpha value is -1.61. The molecule has 0 aliphatic heterocycles. The van der Waals surface area contributed by atoms with Crippen LogP contribution in [0.4, 0.5) is 0 Å². The van der Waals surface area contributed by atoms with Gasteiger partial charge in [0, 0.05) is 5.39 Å². The Morgan fingerprint density at radius 3 is 2.65 bits per heavy atom. The molecule has 1 heterocycles. The number of hydrogen-bond acceptors (Lipinski definition) is 3. The second-order valence-corrected chi connectivity index (χ2v) is 4.03. The highest BCUT2D eigenvalue weighted by molar-refractivity contribution is 6.08. The number of carbonyl (C=O) groups is 1. The van der Waals surface area contributed by atoms with E-state index in [1.807, 2.05) is 24.3 Å². The zero-order valence-electron chi connectivity index (χ0n) is 10.3. The molecule has 2 aromatic rings. The van der Waals surface area contributed by atoms with Crippen LogP contribution in [0.25, 0.3) is 11.0 Å². The maximum absolute atomic E-state index is 12.1. The number of Topliss-reactive ketones (excluding diaryl/α,β-unsaturated/α-hetero) is 1. The first-order chi connectivity index (χ1) is 8.26. The predicted octanol–water partition coefficient (Wildman–Crippen LogP) is 2.96. The van der Waals surface area contributed by atoms with E-state index in [1.54, 1.807) is 6.26 Å².